The zero-order valence-electron chi connectivity index (χ0n) is 11.6. The summed E-state index contributed by atoms with van der Waals surface area (Å²) in [4.78, 5) is 22.1. The van der Waals surface area contributed by atoms with Crippen molar-refractivity contribution >= 4 is 31.7 Å². The lowest BCUT2D eigenvalue weighted by Crippen LogP contribution is -2.42. The summed E-state index contributed by atoms with van der Waals surface area (Å²) in [5.41, 5.74) is 5.62. The van der Waals surface area contributed by atoms with E-state index in [2.05, 4.69) is 0 Å². The van der Waals surface area contributed by atoms with Crippen molar-refractivity contribution in [3.8, 4) is 5.75 Å². The van der Waals surface area contributed by atoms with Crippen LogP contribution in [0, 0.1) is 13.8 Å². The first kappa shape index (κ1) is 17.3. The standard InChI is InChI=1S/C12H15ClN2O5S/c1-6-4-9(5-7(2)10(6)21(13,18)19)20-8(3)11(16)15-12(14)17/h4-5,8H,1-3H3,(H3,14,15,16,17). The van der Waals surface area contributed by atoms with Gasteiger partial charge in [-0.15, -0.1) is 0 Å². The number of rotatable bonds is 4. The van der Waals surface area contributed by atoms with Gasteiger partial charge < -0.3 is 10.5 Å². The van der Waals surface area contributed by atoms with Crippen molar-refractivity contribution in [2.75, 3.05) is 0 Å². The summed E-state index contributed by atoms with van der Waals surface area (Å²) >= 11 is 0. The lowest BCUT2D eigenvalue weighted by Gasteiger charge is -2.16. The van der Waals surface area contributed by atoms with E-state index in [1.54, 1.807) is 13.8 Å². The molecule has 0 spiro atoms. The molecule has 0 heterocycles. The number of primary amides is 1. The number of hydrogen-bond acceptors (Lipinski definition) is 5. The number of urea groups is 1. The maximum Gasteiger partial charge on any atom is 0.318 e. The molecule has 3 N–H and O–H groups in total. The van der Waals surface area contributed by atoms with Crippen molar-refractivity contribution in [3.63, 3.8) is 0 Å². The molecule has 0 aliphatic carbocycles. The Hall–Kier alpha value is -1.80. The Labute approximate surface area is 126 Å². The quantitative estimate of drug-likeness (QED) is 0.802. The van der Waals surface area contributed by atoms with Crippen LogP contribution in [-0.2, 0) is 13.8 Å². The number of carbonyl (C=O) groups excluding carboxylic acids is 2. The minimum Gasteiger partial charge on any atom is -0.481 e. The summed E-state index contributed by atoms with van der Waals surface area (Å²) in [6.07, 6.45) is -0.977. The number of nitrogens with one attached hydrogen (secondary N) is 1. The molecule has 116 valence electrons. The van der Waals surface area contributed by atoms with Crippen LogP contribution in [0.1, 0.15) is 18.1 Å². The van der Waals surface area contributed by atoms with Crippen LogP contribution in [0.2, 0.25) is 0 Å². The fourth-order valence-corrected chi connectivity index (χ4v) is 3.46. The predicted molar refractivity (Wildman–Crippen MR) is 76.8 cm³/mol. The third-order valence-electron chi connectivity index (χ3n) is 2.61. The SMILES string of the molecule is Cc1cc(OC(C)C(=O)NC(N)=O)cc(C)c1S(=O)(=O)Cl. The molecule has 1 rings (SSSR count). The van der Waals surface area contributed by atoms with Crippen molar-refractivity contribution in [1.29, 1.82) is 0 Å². The highest BCUT2D eigenvalue weighted by Crippen LogP contribution is 2.28. The Kier molecular flexibility index (Phi) is 5.19. The van der Waals surface area contributed by atoms with E-state index in [-0.39, 0.29) is 10.6 Å². The van der Waals surface area contributed by atoms with E-state index in [1.807, 2.05) is 5.32 Å². The lowest BCUT2D eigenvalue weighted by atomic mass is 10.1. The number of nitrogens with two attached hydrogens (primary N) is 1. The number of carbonyl (C=O) groups is 2. The van der Waals surface area contributed by atoms with Crippen LogP contribution < -0.4 is 15.8 Å². The van der Waals surface area contributed by atoms with Crippen molar-refractivity contribution in [2.24, 2.45) is 5.73 Å². The van der Waals surface area contributed by atoms with Gasteiger partial charge in [0.2, 0.25) is 0 Å². The first-order valence-electron chi connectivity index (χ1n) is 5.85. The number of benzene rings is 1. The summed E-state index contributed by atoms with van der Waals surface area (Å²) in [6.45, 7) is 4.54. The zero-order chi connectivity index (χ0) is 16.4. The van der Waals surface area contributed by atoms with Gasteiger partial charge in [0.1, 0.15) is 5.75 Å². The van der Waals surface area contributed by atoms with Crippen LogP contribution in [-0.4, -0.2) is 26.5 Å². The van der Waals surface area contributed by atoms with Gasteiger partial charge in [-0.3, -0.25) is 10.1 Å². The highest BCUT2D eigenvalue weighted by molar-refractivity contribution is 8.13. The minimum absolute atomic E-state index is 0.00533. The highest BCUT2D eigenvalue weighted by atomic mass is 35.7. The number of amides is 3. The van der Waals surface area contributed by atoms with Crippen LogP contribution in [0.5, 0.6) is 5.75 Å². The van der Waals surface area contributed by atoms with E-state index in [0.29, 0.717) is 11.1 Å². The zero-order valence-corrected chi connectivity index (χ0v) is 13.2. The molecular weight excluding hydrogens is 320 g/mol. The Bertz CT molecular complexity index is 664. The third kappa shape index (κ3) is 4.61. The number of imide groups is 1. The van der Waals surface area contributed by atoms with Crippen LogP contribution in [0.15, 0.2) is 17.0 Å². The van der Waals surface area contributed by atoms with Crippen molar-refractivity contribution in [2.45, 2.75) is 31.8 Å². The van der Waals surface area contributed by atoms with E-state index in [1.165, 1.54) is 19.1 Å². The average molecular weight is 335 g/mol. The largest absolute Gasteiger partial charge is 0.481 e. The Morgan fingerprint density at radius 2 is 1.76 bits per heavy atom. The number of halogens is 1. The average Bonchev–Trinajstić information content (AvgIpc) is 2.24. The van der Waals surface area contributed by atoms with E-state index >= 15 is 0 Å². The topological polar surface area (TPSA) is 116 Å². The highest BCUT2D eigenvalue weighted by Gasteiger charge is 2.20. The molecule has 0 aromatic heterocycles. The normalized spacial score (nSPS) is 12.6. The van der Waals surface area contributed by atoms with Gasteiger partial charge in [0, 0.05) is 10.7 Å². The number of aryl methyl sites for hydroxylation is 2. The molecule has 3 amide bonds. The smallest absolute Gasteiger partial charge is 0.318 e. The summed E-state index contributed by atoms with van der Waals surface area (Å²) in [7, 11) is 1.49. The minimum atomic E-state index is -3.87. The first-order valence-corrected chi connectivity index (χ1v) is 8.16. The molecule has 7 nitrogen and oxygen atoms in total. The van der Waals surface area contributed by atoms with Crippen molar-refractivity contribution in [3.05, 3.63) is 23.3 Å². The molecule has 9 heteroatoms. The van der Waals surface area contributed by atoms with E-state index in [0.717, 1.165) is 0 Å². The third-order valence-corrected chi connectivity index (χ3v) is 4.20. The molecule has 0 aliphatic heterocycles. The summed E-state index contributed by atoms with van der Waals surface area (Å²) in [6, 6.07) is 1.90. The number of hydrogen-bond donors (Lipinski definition) is 2. The van der Waals surface area contributed by atoms with Crippen LogP contribution in [0.4, 0.5) is 4.79 Å². The molecule has 21 heavy (non-hydrogen) atoms. The molecule has 1 unspecified atom stereocenters. The van der Waals surface area contributed by atoms with Gasteiger partial charge in [0.15, 0.2) is 6.10 Å². The number of ether oxygens (including phenoxy) is 1. The van der Waals surface area contributed by atoms with E-state index in [9.17, 15) is 18.0 Å². The maximum absolute atomic E-state index is 11.5. The molecule has 1 aromatic carbocycles. The molecule has 0 saturated heterocycles. The molecule has 0 aliphatic rings. The monoisotopic (exact) mass is 334 g/mol. The second kappa shape index (κ2) is 6.31. The summed E-state index contributed by atoms with van der Waals surface area (Å²) < 4.78 is 28.2. The molecule has 0 saturated carbocycles. The molecule has 1 aromatic rings. The summed E-state index contributed by atoms with van der Waals surface area (Å²) in [5.74, 6) is -0.423. The predicted octanol–water partition coefficient (Wildman–Crippen LogP) is 1.19. The fraction of sp³-hybridized carbons (Fsp3) is 0.333. The van der Waals surface area contributed by atoms with E-state index < -0.39 is 27.1 Å². The van der Waals surface area contributed by atoms with Gasteiger partial charge in [-0.1, -0.05) is 0 Å². The second-order valence-electron chi connectivity index (χ2n) is 4.44. The first-order chi connectivity index (χ1) is 9.52. The van der Waals surface area contributed by atoms with Gasteiger partial charge in [-0.05, 0) is 44.0 Å². The van der Waals surface area contributed by atoms with Gasteiger partial charge >= 0.3 is 6.03 Å². The second-order valence-corrected chi connectivity index (χ2v) is 6.94. The van der Waals surface area contributed by atoms with Gasteiger partial charge in [0.25, 0.3) is 15.0 Å². The molecule has 0 fully saturated rings. The van der Waals surface area contributed by atoms with Gasteiger partial charge in [-0.25, -0.2) is 13.2 Å². The van der Waals surface area contributed by atoms with Gasteiger partial charge in [-0.2, -0.15) is 0 Å². The summed E-state index contributed by atoms with van der Waals surface area (Å²) in [5, 5.41) is 1.89. The molecule has 0 radical (unpaired) electrons. The molecule has 0 bridgehead atoms. The molecule has 1 atom stereocenters. The van der Waals surface area contributed by atoms with Crippen LogP contribution >= 0.6 is 10.7 Å². The van der Waals surface area contributed by atoms with E-state index in [4.69, 9.17) is 21.2 Å². The van der Waals surface area contributed by atoms with Crippen molar-refractivity contribution < 1.29 is 22.7 Å². The van der Waals surface area contributed by atoms with Crippen LogP contribution in [0.3, 0.4) is 0 Å². The maximum atomic E-state index is 11.5. The Morgan fingerprint density at radius 3 is 2.14 bits per heavy atom. The Balaban J connectivity index is 3.02. The van der Waals surface area contributed by atoms with Gasteiger partial charge in [0.05, 0.1) is 4.90 Å². The lowest BCUT2D eigenvalue weighted by molar-refractivity contribution is -0.126. The van der Waals surface area contributed by atoms with Crippen molar-refractivity contribution in [1.82, 2.24) is 5.32 Å². The Morgan fingerprint density at radius 1 is 1.29 bits per heavy atom. The van der Waals surface area contributed by atoms with Crippen LogP contribution in [0.25, 0.3) is 0 Å². The fourth-order valence-electron chi connectivity index (χ4n) is 1.84. The molecular formula is C12H15ClN2O5S.